The Morgan fingerprint density at radius 3 is 1.27 bits per heavy atom. The van der Waals surface area contributed by atoms with Crippen molar-refractivity contribution in [1.82, 2.24) is 54.4 Å². The number of benzene rings is 1. The fraction of sp³-hybridized carbons (Fsp3) is 0.354. The van der Waals surface area contributed by atoms with Crippen LogP contribution < -0.4 is 21.1 Å². The van der Waals surface area contributed by atoms with Gasteiger partial charge in [0.15, 0.2) is 11.6 Å². The molecule has 21 nitrogen and oxygen atoms in total. The number of aromatic nitrogens is 6. The molecule has 1 aromatic carbocycles. The summed E-state index contributed by atoms with van der Waals surface area (Å²) in [5, 5.41) is 43.7. The summed E-state index contributed by atoms with van der Waals surface area (Å²) in [4.78, 5) is 101. The number of likely N-dealkylation sites (N-methyl/N-ethyl adjacent to an activating group) is 1. The Labute approximate surface area is 605 Å². The van der Waals surface area contributed by atoms with Crippen LogP contribution >= 0.6 is 11.8 Å². The predicted molar refractivity (Wildman–Crippen MR) is 322 cm³/mol. The second kappa shape index (κ2) is 37.2. The molecule has 0 amide bonds. The smallest absolute Gasteiger partial charge is 0.549 e. The van der Waals surface area contributed by atoms with Crippen LogP contribution in [0, 0.1) is 109 Å². The summed E-state index contributed by atoms with van der Waals surface area (Å²) in [6.07, 6.45) is 3.04. The topological polar surface area (TPSA) is 298 Å². The van der Waals surface area contributed by atoms with Crippen molar-refractivity contribution in [3.8, 4) is 39.6 Å². The van der Waals surface area contributed by atoms with Gasteiger partial charge in [0.2, 0.25) is 0 Å². The molecule has 24 heteroatoms. The molecule has 14 bridgehead atoms. The van der Waals surface area contributed by atoms with Crippen LogP contribution in [0.25, 0.3) is 34.2 Å². The van der Waals surface area contributed by atoms with Crippen LogP contribution in [0.1, 0.15) is 106 Å². The number of carboxylic acids is 3. The number of carbonyl (C=O) groups is 5. The predicted octanol–water partition coefficient (Wildman–Crippen LogP) is 4.32. The zero-order valence-corrected chi connectivity index (χ0v) is 55.4. The van der Waals surface area contributed by atoms with E-state index in [2.05, 4.69) is 16.7 Å². The molecule has 0 saturated heterocycles. The molecule has 6 aromatic heterocycles. The molecule has 7 aromatic rings. The van der Waals surface area contributed by atoms with E-state index in [1.54, 1.807) is 45.9 Å². The number of nitrogens with zero attached hydrogens (tertiary/aromatic N) is 12. The quantitative estimate of drug-likeness (QED) is 0.0500. The number of unbranched alkanes of at least 4 members (excludes halogenated alkanes) is 1. The zero-order valence-electron chi connectivity index (χ0n) is 49.8. The van der Waals surface area contributed by atoms with Gasteiger partial charge in [-0.15, -0.1) is 0 Å². The number of ketones is 2. The molecule has 0 spiro atoms. The number of hydrogen-bond donors (Lipinski definition) is 1. The molecule has 10 rings (SSSR count). The Morgan fingerprint density at radius 1 is 0.506 bits per heavy atom. The minimum absolute atomic E-state index is 0. The van der Waals surface area contributed by atoms with Gasteiger partial charge in [0.05, 0.1) is 86.2 Å². The van der Waals surface area contributed by atoms with Gasteiger partial charge in [-0.1, -0.05) is 56.7 Å². The third-order valence-corrected chi connectivity index (χ3v) is 15.2. The van der Waals surface area contributed by atoms with Crippen molar-refractivity contribution >= 4 is 41.2 Å². The number of nitrogens with two attached hydrogens (primary N) is 1. The fourth-order valence-corrected chi connectivity index (χ4v) is 10.7. The maximum Gasteiger partial charge on any atom is 3.00 e. The number of pyridine rings is 6. The molecule has 2 N–H and O–H groups in total. The summed E-state index contributed by atoms with van der Waals surface area (Å²) < 4.78 is 0. The Bertz CT molecular complexity index is 3320. The number of rotatable bonds is 24. The van der Waals surface area contributed by atoms with Crippen LogP contribution in [0.5, 0.6) is 0 Å². The van der Waals surface area contributed by atoms with Crippen LogP contribution in [-0.2, 0) is 60.2 Å². The first-order chi connectivity index (χ1) is 42.1. The van der Waals surface area contributed by atoms with Gasteiger partial charge < -0.3 is 35.4 Å². The summed E-state index contributed by atoms with van der Waals surface area (Å²) in [6.45, 7) is 7.91. The number of aliphatic carboxylic acids is 3. The van der Waals surface area contributed by atoms with Gasteiger partial charge in [0, 0.05) is 120 Å². The average Bonchev–Trinajstić information content (AvgIpc) is 2.63. The van der Waals surface area contributed by atoms with E-state index < -0.39 is 17.9 Å². The molecule has 0 atom stereocenters. The summed E-state index contributed by atoms with van der Waals surface area (Å²) in [5.74, 6) is -3.70. The van der Waals surface area contributed by atoms with Gasteiger partial charge in [0.1, 0.15) is 5.40 Å². The minimum Gasteiger partial charge on any atom is -0.549 e. The van der Waals surface area contributed by atoms with Gasteiger partial charge in [-0.05, 0) is 128 Å². The van der Waals surface area contributed by atoms with Crippen molar-refractivity contribution < 1.29 is 138 Å². The summed E-state index contributed by atoms with van der Waals surface area (Å²) in [7, 11) is 0. The average molecular weight is 1500 g/mol. The first kappa shape index (κ1) is 72.7. The van der Waals surface area contributed by atoms with Crippen LogP contribution in [0.3, 0.4) is 0 Å². The number of hydrogen-bond acceptors (Lipinski definition) is 22. The van der Waals surface area contributed by atoms with Crippen molar-refractivity contribution in [2.45, 2.75) is 96.7 Å². The Balaban J connectivity index is 0.000000328. The van der Waals surface area contributed by atoms with E-state index in [4.69, 9.17) is 40.9 Å². The normalized spacial score (nSPS) is 14.0. The number of thiocyanates is 1. The molecule has 0 fully saturated rings. The van der Waals surface area contributed by atoms with Gasteiger partial charge in [-0.3, -0.25) is 34.1 Å². The van der Waals surface area contributed by atoms with Crippen molar-refractivity contribution in [2.24, 2.45) is 5.73 Å². The molecule has 0 saturated carbocycles. The number of nitriles is 1. The summed E-state index contributed by atoms with van der Waals surface area (Å²) in [6, 6.07) is 38.7. The van der Waals surface area contributed by atoms with Crippen LogP contribution in [0.4, 0.5) is 0 Å². The first-order valence-electron chi connectivity index (χ1n) is 29.1. The maximum atomic E-state index is 13.7. The molecule has 460 valence electrons. The van der Waals surface area contributed by atoms with E-state index in [-0.39, 0.29) is 150 Å². The van der Waals surface area contributed by atoms with Gasteiger partial charge in [0.25, 0.3) is 0 Å². The van der Waals surface area contributed by atoms with Crippen LogP contribution in [0.2, 0.25) is 0 Å². The molecular formula is C65H70Eu2N13O8S+3. The molecule has 3 aliphatic rings. The van der Waals surface area contributed by atoms with E-state index in [0.717, 1.165) is 80.6 Å². The molecule has 0 aliphatic carbocycles. The monoisotopic (exact) mass is 1500 g/mol. The second-order valence-corrected chi connectivity index (χ2v) is 22.3. The van der Waals surface area contributed by atoms with Crippen LogP contribution in [-0.4, -0.2) is 143 Å². The van der Waals surface area contributed by atoms with Crippen molar-refractivity contribution in [3.63, 3.8) is 0 Å². The third-order valence-electron chi connectivity index (χ3n) is 14.6. The number of Topliss-reactive ketones (excluding diaryl/α,β-unsaturated/α-hetero) is 2. The Kier molecular flexibility index (Phi) is 30.4. The van der Waals surface area contributed by atoms with E-state index in [9.17, 15) is 39.3 Å². The Hall–Kier alpha value is -5.36. The molecular weight excluding hydrogens is 1430 g/mol. The minimum atomic E-state index is -1.28. The Morgan fingerprint density at radius 2 is 0.876 bits per heavy atom. The van der Waals surface area contributed by atoms with Crippen LogP contribution in [0.15, 0.2) is 126 Å². The fourth-order valence-electron chi connectivity index (χ4n) is 10.3. The second-order valence-electron chi connectivity index (χ2n) is 21.5. The largest absolute Gasteiger partial charge is 3.00 e. The van der Waals surface area contributed by atoms with Gasteiger partial charge in [-0.25, -0.2) is 29.9 Å². The number of thioether (sulfide) groups is 1. The number of carboxylic acid groups (broad SMARTS) is 3. The molecule has 3 aliphatic heterocycles. The van der Waals surface area contributed by atoms with Crippen molar-refractivity contribution in [2.75, 3.05) is 58.9 Å². The van der Waals surface area contributed by atoms with Gasteiger partial charge in [-0.2, -0.15) is 5.26 Å². The standard InChI is InChI=1S/C45H45N9O2.C20H28N4O6S.2Eu/c1-2-3-17-44(55)30-20-36-28-53-24-32-9-4-13-38(47-32)40-15-6-11-34(49-40)26-54(27-35-12-7-16-41(50-35)39-14-5-10-33(25-53)48-39)29-37-21-31(45(56)18-8-19-46)23-43(52-37)42(22-30)51-36;1-2-22(12-18(25)26)7-8-23(13-19(27)28)9-10-24(14-20(29)30)11-16-3-5-17(6-4-16)31-15-21;;/h4-7,9-16,20-23H,2-3,8,17-19,24-29,46H2,1H3;3-6H,2,7-14H2,1H3,(H,25,26)(H,27,28)(H,29,30);;/q;;2*+3/p-3. The zero-order chi connectivity index (χ0) is 61.7. The SMILES string of the molecule is CCCCC(=O)c1cc2nc(c1)-c1cc(C(=O)CCCN)cc(n1)CN1Cc3cccc(n3)-c3cccc(n3)CN(Cc3cccc(n3)-c3cccc(n3)C1)C2.CCN(CCN(CCN(CC(=O)[O-])Cc1ccc(SC#N)cc1)CC(=O)[O-])CC(=O)[O-].[Eu+3].[Eu+3]. The summed E-state index contributed by atoms with van der Waals surface area (Å²) in [5.41, 5.74) is 16.9. The third kappa shape index (κ3) is 23.4. The molecule has 0 radical (unpaired) electrons. The number of carbonyl (C=O) groups excluding carboxylic acids is 5. The van der Waals surface area contributed by atoms with E-state index in [1.807, 2.05) is 102 Å². The van der Waals surface area contributed by atoms with E-state index in [1.165, 1.54) is 0 Å². The van der Waals surface area contributed by atoms with Gasteiger partial charge >= 0.3 is 98.8 Å². The first-order valence-corrected chi connectivity index (χ1v) is 29.9. The summed E-state index contributed by atoms with van der Waals surface area (Å²) >= 11 is 1.02. The molecule has 0 unspecified atom stereocenters. The van der Waals surface area contributed by atoms with E-state index in [0.29, 0.717) is 119 Å². The van der Waals surface area contributed by atoms with Crippen molar-refractivity contribution in [3.05, 3.63) is 172 Å². The maximum absolute atomic E-state index is 13.7. The molecule has 89 heavy (non-hydrogen) atoms. The molecule has 9 heterocycles. The van der Waals surface area contributed by atoms with Crippen molar-refractivity contribution in [1.29, 1.82) is 5.26 Å². The van der Waals surface area contributed by atoms with E-state index >= 15 is 0 Å².